The van der Waals surface area contributed by atoms with Crippen molar-refractivity contribution in [1.29, 1.82) is 0 Å². The first-order chi connectivity index (χ1) is 12.2. The van der Waals surface area contributed by atoms with Gasteiger partial charge in [0, 0.05) is 0 Å². The van der Waals surface area contributed by atoms with Crippen LogP contribution in [0.25, 0.3) is 0 Å². The van der Waals surface area contributed by atoms with E-state index in [2.05, 4.69) is 10.2 Å². The van der Waals surface area contributed by atoms with Crippen molar-refractivity contribution >= 4 is 35.3 Å². The van der Waals surface area contributed by atoms with Gasteiger partial charge in [-0.05, 0) is 36.4 Å². The molecule has 0 aliphatic heterocycles. The molecule has 4 N–H and O–H groups in total. The first-order valence-corrected chi connectivity index (χ1v) is 6.82. The number of rotatable bonds is 6. The van der Waals surface area contributed by atoms with Crippen molar-refractivity contribution in [3.8, 4) is 0 Å². The van der Waals surface area contributed by atoms with Gasteiger partial charge in [-0.25, -0.2) is 19.2 Å². The van der Waals surface area contributed by atoms with E-state index in [4.69, 9.17) is 20.4 Å². The van der Waals surface area contributed by atoms with E-state index < -0.39 is 23.9 Å². The number of hydrogen-bond acceptors (Lipinski definition) is 6. The van der Waals surface area contributed by atoms with Crippen LogP contribution < -0.4 is 0 Å². The van der Waals surface area contributed by atoms with Crippen LogP contribution >= 0.6 is 0 Å². The summed E-state index contributed by atoms with van der Waals surface area (Å²) >= 11 is 0. The van der Waals surface area contributed by atoms with E-state index in [1.54, 1.807) is 0 Å². The maximum absolute atomic E-state index is 11.0. The minimum Gasteiger partial charge on any atom is -0.478 e. The largest absolute Gasteiger partial charge is 0.478 e. The highest BCUT2D eigenvalue weighted by atomic mass is 16.4. The third-order valence-corrected chi connectivity index (χ3v) is 3.10. The van der Waals surface area contributed by atoms with E-state index in [0.29, 0.717) is 0 Å². The van der Waals surface area contributed by atoms with Crippen LogP contribution in [0.2, 0.25) is 0 Å². The predicted molar refractivity (Wildman–Crippen MR) is 84.9 cm³/mol. The number of aromatic carboxylic acids is 4. The SMILES string of the molecule is O=C(O)c1cc(N=Nc2cc(C(=O)O)cc(C(=O)O)c2)cc(C(=O)O)c1. The molecule has 0 unspecified atom stereocenters. The maximum atomic E-state index is 11.0. The zero-order valence-electron chi connectivity index (χ0n) is 12.8. The van der Waals surface area contributed by atoms with Crippen molar-refractivity contribution in [2.75, 3.05) is 0 Å². The standard InChI is InChI=1S/C16H10N2O8/c19-13(20)7-1-8(14(21)22)4-11(3-7)17-18-12-5-9(15(23)24)2-10(6-12)16(25)26/h1-6H,(H,19,20)(H,21,22)(H,23,24)(H,25,26). The van der Waals surface area contributed by atoms with Crippen molar-refractivity contribution in [1.82, 2.24) is 0 Å². The number of hydrogen-bond donors (Lipinski definition) is 4. The van der Waals surface area contributed by atoms with Crippen LogP contribution in [0, 0.1) is 0 Å². The average Bonchev–Trinajstić information content (AvgIpc) is 2.59. The van der Waals surface area contributed by atoms with Gasteiger partial charge in [-0.3, -0.25) is 0 Å². The Bertz CT molecular complexity index is 823. The number of azo groups is 1. The highest BCUT2D eigenvalue weighted by molar-refractivity contribution is 5.96. The molecule has 0 saturated carbocycles. The summed E-state index contributed by atoms with van der Waals surface area (Å²) in [6.45, 7) is 0. The Morgan fingerprint density at radius 3 is 0.923 bits per heavy atom. The second kappa shape index (κ2) is 7.21. The number of carboxylic acid groups (broad SMARTS) is 4. The second-order valence-corrected chi connectivity index (χ2v) is 4.96. The summed E-state index contributed by atoms with van der Waals surface area (Å²) in [5, 5.41) is 43.4. The molecule has 26 heavy (non-hydrogen) atoms. The van der Waals surface area contributed by atoms with Gasteiger partial charge in [-0.15, -0.1) is 0 Å². The number of nitrogens with zero attached hydrogens (tertiary/aromatic N) is 2. The van der Waals surface area contributed by atoms with Crippen LogP contribution in [-0.4, -0.2) is 44.3 Å². The predicted octanol–water partition coefficient (Wildman–Crippen LogP) is 2.89. The minimum atomic E-state index is -1.37. The molecule has 0 saturated heterocycles. The van der Waals surface area contributed by atoms with Crippen molar-refractivity contribution in [3.05, 3.63) is 58.7 Å². The Balaban J connectivity index is 2.49. The summed E-state index contributed by atoms with van der Waals surface area (Å²) in [6.07, 6.45) is 0. The zero-order chi connectivity index (χ0) is 19.4. The fraction of sp³-hybridized carbons (Fsp3) is 0. The van der Waals surface area contributed by atoms with Gasteiger partial charge in [-0.2, -0.15) is 10.2 Å². The molecule has 10 nitrogen and oxygen atoms in total. The van der Waals surface area contributed by atoms with Gasteiger partial charge in [0.15, 0.2) is 0 Å². The van der Waals surface area contributed by atoms with E-state index in [1.807, 2.05) is 0 Å². The lowest BCUT2D eigenvalue weighted by Crippen LogP contribution is -2.02. The van der Waals surface area contributed by atoms with E-state index in [-0.39, 0.29) is 33.6 Å². The Kier molecular flexibility index (Phi) is 5.07. The van der Waals surface area contributed by atoms with Gasteiger partial charge in [0.2, 0.25) is 0 Å². The van der Waals surface area contributed by atoms with Crippen LogP contribution in [0.4, 0.5) is 11.4 Å². The molecule has 0 atom stereocenters. The average molecular weight is 358 g/mol. The Morgan fingerprint density at radius 2 is 0.731 bits per heavy atom. The van der Waals surface area contributed by atoms with E-state index >= 15 is 0 Å². The van der Waals surface area contributed by atoms with E-state index in [0.717, 1.165) is 36.4 Å². The van der Waals surface area contributed by atoms with Crippen LogP contribution in [0.1, 0.15) is 41.4 Å². The molecule has 0 radical (unpaired) electrons. The first-order valence-electron chi connectivity index (χ1n) is 6.82. The summed E-state index contributed by atoms with van der Waals surface area (Å²) in [4.78, 5) is 44.2. The number of carboxylic acids is 4. The lowest BCUT2D eigenvalue weighted by atomic mass is 10.1. The van der Waals surface area contributed by atoms with E-state index in [9.17, 15) is 19.2 Å². The third kappa shape index (κ3) is 4.26. The van der Waals surface area contributed by atoms with Crippen LogP contribution in [0.5, 0.6) is 0 Å². The van der Waals surface area contributed by atoms with Gasteiger partial charge in [-0.1, -0.05) is 0 Å². The first kappa shape index (κ1) is 18.3. The zero-order valence-corrected chi connectivity index (χ0v) is 12.8. The number of carbonyl (C=O) groups is 4. The lowest BCUT2D eigenvalue weighted by Gasteiger charge is -2.02. The fourth-order valence-corrected chi connectivity index (χ4v) is 1.95. The van der Waals surface area contributed by atoms with Crippen molar-refractivity contribution < 1.29 is 39.6 Å². The van der Waals surface area contributed by atoms with Gasteiger partial charge in [0.25, 0.3) is 0 Å². The van der Waals surface area contributed by atoms with Crippen molar-refractivity contribution in [2.24, 2.45) is 10.2 Å². The normalized spacial score (nSPS) is 10.6. The molecule has 2 aromatic carbocycles. The maximum Gasteiger partial charge on any atom is 0.335 e. The Labute approximate surface area is 144 Å². The second-order valence-electron chi connectivity index (χ2n) is 4.96. The smallest absolute Gasteiger partial charge is 0.335 e. The molecule has 0 bridgehead atoms. The molecule has 0 fully saturated rings. The minimum absolute atomic E-state index is 0.111. The summed E-state index contributed by atoms with van der Waals surface area (Å²) in [6, 6.07) is 6.15. The molecular formula is C16H10N2O8. The van der Waals surface area contributed by atoms with Gasteiger partial charge >= 0.3 is 23.9 Å². The number of benzene rings is 2. The van der Waals surface area contributed by atoms with Gasteiger partial charge in [0.05, 0.1) is 33.6 Å². The van der Waals surface area contributed by atoms with E-state index in [1.165, 1.54) is 0 Å². The van der Waals surface area contributed by atoms with Gasteiger partial charge < -0.3 is 20.4 Å². The molecule has 0 amide bonds. The molecule has 0 spiro atoms. The lowest BCUT2D eigenvalue weighted by molar-refractivity contribution is 0.0676. The molecule has 0 aliphatic rings. The molecule has 0 aromatic heterocycles. The van der Waals surface area contributed by atoms with Crippen LogP contribution in [0.3, 0.4) is 0 Å². The van der Waals surface area contributed by atoms with Crippen molar-refractivity contribution in [3.63, 3.8) is 0 Å². The monoisotopic (exact) mass is 358 g/mol. The topological polar surface area (TPSA) is 174 Å². The third-order valence-electron chi connectivity index (χ3n) is 3.10. The van der Waals surface area contributed by atoms with Gasteiger partial charge in [0.1, 0.15) is 0 Å². The highest BCUT2D eigenvalue weighted by Crippen LogP contribution is 2.24. The molecular weight excluding hydrogens is 348 g/mol. The highest BCUT2D eigenvalue weighted by Gasteiger charge is 2.13. The molecule has 2 aromatic rings. The molecule has 132 valence electrons. The molecule has 10 heteroatoms. The molecule has 2 rings (SSSR count). The molecule has 0 aliphatic carbocycles. The Morgan fingerprint density at radius 1 is 0.500 bits per heavy atom. The van der Waals surface area contributed by atoms with Crippen LogP contribution in [0.15, 0.2) is 46.6 Å². The summed E-state index contributed by atoms with van der Waals surface area (Å²) in [5.74, 6) is -5.48. The van der Waals surface area contributed by atoms with Crippen LogP contribution in [-0.2, 0) is 0 Å². The summed E-state index contributed by atoms with van der Waals surface area (Å²) in [5.41, 5.74) is -1.54. The quantitative estimate of drug-likeness (QED) is 0.570. The Hall–Kier alpha value is -4.08. The fourth-order valence-electron chi connectivity index (χ4n) is 1.95. The summed E-state index contributed by atoms with van der Waals surface area (Å²) in [7, 11) is 0. The van der Waals surface area contributed by atoms with Crippen molar-refractivity contribution in [2.45, 2.75) is 0 Å². The molecule has 0 heterocycles. The summed E-state index contributed by atoms with van der Waals surface area (Å²) < 4.78 is 0.